The first-order chi connectivity index (χ1) is 9.81. The molecule has 1 aromatic carbocycles. The van der Waals surface area contributed by atoms with Crippen LogP contribution in [0.3, 0.4) is 0 Å². The molecule has 106 valence electrons. The van der Waals surface area contributed by atoms with Gasteiger partial charge in [0.25, 0.3) is 0 Å². The van der Waals surface area contributed by atoms with Crippen LogP contribution in [0.15, 0.2) is 30.3 Å². The largest absolute Gasteiger partial charge is 0.325 e. The first-order valence-electron chi connectivity index (χ1n) is 7.67. The topological polar surface area (TPSA) is 29.9 Å². The molecule has 0 saturated carbocycles. The number of nitrogens with one attached hydrogen (secondary N) is 1. The lowest BCUT2D eigenvalue weighted by molar-refractivity contribution is 0.478. The maximum atomic E-state index is 4.92. The Morgan fingerprint density at radius 3 is 2.85 bits per heavy atom. The highest BCUT2D eigenvalue weighted by Crippen LogP contribution is 2.29. The van der Waals surface area contributed by atoms with Crippen LogP contribution in [0.5, 0.6) is 0 Å². The zero-order valence-corrected chi connectivity index (χ0v) is 12.4. The average molecular weight is 269 g/mol. The third-order valence-electron chi connectivity index (χ3n) is 4.10. The molecule has 1 aromatic heterocycles. The van der Waals surface area contributed by atoms with Gasteiger partial charge in [-0.25, -0.2) is 4.98 Å². The SMILES string of the molecule is CCCC(C)n1c(-c2ccccc2)nc2c1CCNC2. The number of fused-ring (bicyclic) bond motifs is 1. The normalized spacial score (nSPS) is 15.9. The molecule has 2 aromatic rings. The Morgan fingerprint density at radius 2 is 2.10 bits per heavy atom. The van der Waals surface area contributed by atoms with E-state index in [0.29, 0.717) is 6.04 Å². The Kier molecular flexibility index (Phi) is 3.88. The molecule has 0 amide bonds. The average Bonchev–Trinajstić information content (AvgIpc) is 2.88. The van der Waals surface area contributed by atoms with Gasteiger partial charge in [0.05, 0.1) is 5.69 Å². The van der Waals surface area contributed by atoms with Crippen molar-refractivity contribution in [1.82, 2.24) is 14.9 Å². The standard InChI is InChI=1S/C17H23N3/c1-3-7-13(2)20-16-10-11-18-12-15(16)19-17(20)14-8-5-4-6-9-14/h4-6,8-9,13,18H,3,7,10-12H2,1-2H3. The summed E-state index contributed by atoms with van der Waals surface area (Å²) in [4.78, 5) is 4.92. The number of benzene rings is 1. The first kappa shape index (κ1) is 13.4. The fourth-order valence-corrected chi connectivity index (χ4v) is 3.15. The lowest BCUT2D eigenvalue weighted by atomic mass is 10.1. The Labute approximate surface area is 121 Å². The van der Waals surface area contributed by atoms with Crippen LogP contribution in [0, 0.1) is 0 Å². The van der Waals surface area contributed by atoms with Crippen molar-refractivity contribution in [3.05, 3.63) is 41.7 Å². The molecule has 0 radical (unpaired) electrons. The fourth-order valence-electron chi connectivity index (χ4n) is 3.15. The molecule has 3 rings (SSSR count). The van der Waals surface area contributed by atoms with Crippen LogP contribution >= 0.6 is 0 Å². The van der Waals surface area contributed by atoms with E-state index in [1.807, 2.05) is 0 Å². The lowest BCUT2D eigenvalue weighted by Gasteiger charge is -2.21. The minimum absolute atomic E-state index is 0.518. The summed E-state index contributed by atoms with van der Waals surface area (Å²) in [6, 6.07) is 11.1. The zero-order valence-electron chi connectivity index (χ0n) is 12.4. The minimum Gasteiger partial charge on any atom is -0.325 e. The van der Waals surface area contributed by atoms with Gasteiger partial charge in [-0.2, -0.15) is 0 Å². The van der Waals surface area contributed by atoms with Crippen molar-refractivity contribution in [3.63, 3.8) is 0 Å². The van der Waals surface area contributed by atoms with E-state index in [-0.39, 0.29) is 0 Å². The molecule has 0 bridgehead atoms. The van der Waals surface area contributed by atoms with E-state index < -0.39 is 0 Å². The Morgan fingerprint density at radius 1 is 1.30 bits per heavy atom. The predicted octanol–water partition coefficient (Wildman–Crippen LogP) is 3.56. The molecule has 20 heavy (non-hydrogen) atoms. The molecule has 0 spiro atoms. The first-order valence-corrected chi connectivity index (χ1v) is 7.67. The van der Waals surface area contributed by atoms with E-state index in [9.17, 15) is 0 Å². The second kappa shape index (κ2) is 5.80. The summed E-state index contributed by atoms with van der Waals surface area (Å²) in [7, 11) is 0. The van der Waals surface area contributed by atoms with Crippen molar-refractivity contribution >= 4 is 0 Å². The van der Waals surface area contributed by atoms with Crippen LogP contribution in [0.1, 0.15) is 44.1 Å². The van der Waals surface area contributed by atoms with E-state index in [1.54, 1.807) is 0 Å². The van der Waals surface area contributed by atoms with Crippen LogP contribution in [-0.4, -0.2) is 16.1 Å². The summed E-state index contributed by atoms with van der Waals surface area (Å²) in [5.74, 6) is 1.14. The van der Waals surface area contributed by atoms with Gasteiger partial charge >= 0.3 is 0 Å². The van der Waals surface area contributed by atoms with Gasteiger partial charge in [-0.05, 0) is 13.3 Å². The molecule has 0 saturated heterocycles. The van der Waals surface area contributed by atoms with Crippen LogP contribution < -0.4 is 5.32 Å². The quantitative estimate of drug-likeness (QED) is 0.919. The summed E-state index contributed by atoms with van der Waals surface area (Å²) < 4.78 is 2.48. The van der Waals surface area contributed by atoms with Gasteiger partial charge in [-0.15, -0.1) is 0 Å². The lowest BCUT2D eigenvalue weighted by Crippen LogP contribution is -2.25. The van der Waals surface area contributed by atoms with Crippen LogP contribution in [0.25, 0.3) is 11.4 Å². The molecule has 0 fully saturated rings. The molecule has 1 aliphatic heterocycles. The van der Waals surface area contributed by atoms with Gasteiger partial charge in [-0.1, -0.05) is 43.7 Å². The Balaban J connectivity index is 2.11. The van der Waals surface area contributed by atoms with Gasteiger partial charge in [0.1, 0.15) is 5.82 Å². The summed E-state index contributed by atoms with van der Waals surface area (Å²) in [5.41, 5.74) is 3.89. The van der Waals surface area contributed by atoms with E-state index in [2.05, 4.69) is 54.1 Å². The number of hydrogen-bond donors (Lipinski definition) is 1. The number of nitrogens with zero attached hydrogens (tertiary/aromatic N) is 2. The molecule has 2 heterocycles. The second-order valence-corrected chi connectivity index (χ2v) is 5.63. The van der Waals surface area contributed by atoms with Crippen LogP contribution in [-0.2, 0) is 13.0 Å². The summed E-state index contributed by atoms with van der Waals surface area (Å²) in [6.45, 7) is 6.54. The van der Waals surface area contributed by atoms with E-state index >= 15 is 0 Å². The highest BCUT2D eigenvalue weighted by Gasteiger charge is 2.23. The molecule has 1 atom stereocenters. The molecule has 0 aliphatic carbocycles. The zero-order chi connectivity index (χ0) is 13.9. The summed E-state index contributed by atoms with van der Waals surface area (Å²) >= 11 is 0. The van der Waals surface area contributed by atoms with Crippen molar-refractivity contribution in [2.24, 2.45) is 0 Å². The molecule has 1 N–H and O–H groups in total. The highest BCUT2D eigenvalue weighted by molar-refractivity contribution is 5.57. The predicted molar refractivity (Wildman–Crippen MR) is 82.7 cm³/mol. The third kappa shape index (κ3) is 2.38. The van der Waals surface area contributed by atoms with Gasteiger partial charge in [-0.3, -0.25) is 0 Å². The van der Waals surface area contributed by atoms with Crippen molar-refractivity contribution in [1.29, 1.82) is 0 Å². The number of rotatable bonds is 4. The van der Waals surface area contributed by atoms with Crippen LogP contribution in [0.4, 0.5) is 0 Å². The second-order valence-electron chi connectivity index (χ2n) is 5.63. The van der Waals surface area contributed by atoms with Crippen LogP contribution in [0.2, 0.25) is 0 Å². The van der Waals surface area contributed by atoms with Crippen molar-refractivity contribution in [3.8, 4) is 11.4 Å². The van der Waals surface area contributed by atoms with Gasteiger partial charge in [0.2, 0.25) is 0 Å². The summed E-state index contributed by atoms with van der Waals surface area (Å²) in [5, 5.41) is 3.43. The molecule has 3 heteroatoms. The summed E-state index contributed by atoms with van der Waals surface area (Å²) in [6.07, 6.45) is 3.50. The van der Waals surface area contributed by atoms with Gasteiger partial charge < -0.3 is 9.88 Å². The third-order valence-corrected chi connectivity index (χ3v) is 4.10. The molecular formula is C17H23N3. The smallest absolute Gasteiger partial charge is 0.140 e. The number of imidazole rings is 1. The van der Waals surface area contributed by atoms with E-state index in [1.165, 1.54) is 29.8 Å². The van der Waals surface area contributed by atoms with Crippen molar-refractivity contribution in [2.45, 2.75) is 45.7 Å². The minimum atomic E-state index is 0.518. The Bertz CT molecular complexity index is 571. The molecule has 1 unspecified atom stereocenters. The maximum absolute atomic E-state index is 4.92. The van der Waals surface area contributed by atoms with Crippen molar-refractivity contribution in [2.75, 3.05) is 6.54 Å². The van der Waals surface area contributed by atoms with E-state index in [4.69, 9.17) is 4.98 Å². The maximum Gasteiger partial charge on any atom is 0.140 e. The van der Waals surface area contributed by atoms with Gasteiger partial charge in [0, 0.05) is 36.8 Å². The van der Waals surface area contributed by atoms with E-state index in [0.717, 1.165) is 25.3 Å². The number of aromatic nitrogens is 2. The Hall–Kier alpha value is -1.61. The monoisotopic (exact) mass is 269 g/mol. The molecule has 1 aliphatic rings. The number of hydrogen-bond acceptors (Lipinski definition) is 2. The highest BCUT2D eigenvalue weighted by atomic mass is 15.1. The molecular weight excluding hydrogens is 246 g/mol. The molecule has 3 nitrogen and oxygen atoms in total. The van der Waals surface area contributed by atoms with Crippen molar-refractivity contribution < 1.29 is 0 Å². The fraction of sp³-hybridized carbons (Fsp3) is 0.471. The van der Waals surface area contributed by atoms with Gasteiger partial charge in [0.15, 0.2) is 0 Å².